The van der Waals surface area contributed by atoms with Gasteiger partial charge in [0.25, 0.3) is 0 Å². The van der Waals surface area contributed by atoms with Crippen molar-refractivity contribution in [3.8, 4) is 5.75 Å². The largest absolute Gasteiger partial charge is 0.489 e. The molecule has 0 spiro atoms. The van der Waals surface area contributed by atoms with E-state index in [0.717, 1.165) is 11.1 Å². The van der Waals surface area contributed by atoms with Gasteiger partial charge in [-0.1, -0.05) is 41.4 Å². The zero-order valence-electron chi connectivity index (χ0n) is 16.5. The Morgan fingerprint density at radius 2 is 1.86 bits per heavy atom. The minimum absolute atomic E-state index is 0.108. The average Bonchev–Trinajstić information content (AvgIpc) is 2.67. The molecule has 1 aliphatic rings. The summed E-state index contributed by atoms with van der Waals surface area (Å²) in [5.41, 5.74) is 1.60. The zero-order valence-corrected chi connectivity index (χ0v) is 18.0. The van der Waals surface area contributed by atoms with Crippen LogP contribution >= 0.6 is 23.2 Å². The van der Waals surface area contributed by atoms with E-state index >= 15 is 0 Å². The Morgan fingerprint density at radius 1 is 1.21 bits per heavy atom. The second-order valence-corrected chi connectivity index (χ2v) is 8.57. The van der Waals surface area contributed by atoms with Crippen molar-refractivity contribution in [2.45, 2.75) is 38.5 Å². The molecule has 1 heterocycles. The maximum absolute atomic E-state index is 11.0. The summed E-state index contributed by atoms with van der Waals surface area (Å²) in [6.45, 7) is 6.12. The first-order valence-electron chi connectivity index (χ1n) is 9.50. The van der Waals surface area contributed by atoms with Gasteiger partial charge >= 0.3 is 5.97 Å². The SMILES string of the molecule is CC1(C)COC(c2ccc(OCc3c(Cl)cccc3Cl)cc2)CN1CCC(=O)O. The number of benzene rings is 2. The van der Waals surface area contributed by atoms with Crippen molar-refractivity contribution in [2.24, 2.45) is 0 Å². The number of nitrogens with zero attached hydrogens (tertiary/aromatic N) is 1. The second kappa shape index (κ2) is 9.35. The summed E-state index contributed by atoms with van der Waals surface area (Å²) in [5, 5.41) is 10.2. The van der Waals surface area contributed by atoms with Gasteiger partial charge in [0.2, 0.25) is 0 Å². The highest BCUT2D eigenvalue weighted by Crippen LogP contribution is 2.31. The predicted octanol–water partition coefficient (Wildman–Crippen LogP) is 5.20. The molecular weight excluding hydrogens is 413 g/mol. The third kappa shape index (κ3) is 5.64. The number of ether oxygens (including phenoxy) is 2. The number of aliphatic carboxylic acids is 1. The van der Waals surface area contributed by atoms with E-state index in [1.165, 1.54) is 0 Å². The van der Waals surface area contributed by atoms with Crippen LogP contribution in [-0.4, -0.2) is 41.2 Å². The van der Waals surface area contributed by atoms with Crippen LogP contribution in [0.15, 0.2) is 42.5 Å². The molecule has 1 N–H and O–H groups in total. The lowest BCUT2D eigenvalue weighted by Gasteiger charge is -2.45. The Bertz CT molecular complexity index is 834. The van der Waals surface area contributed by atoms with E-state index in [4.69, 9.17) is 37.8 Å². The van der Waals surface area contributed by atoms with Crippen LogP contribution in [0.1, 0.15) is 37.5 Å². The van der Waals surface area contributed by atoms with E-state index in [9.17, 15) is 4.79 Å². The van der Waals surface area contributed by atoms with Crippen LogP contribution in [0, 0.1) is 0 Å². The molecule has 3 rings (SSSR count). The molecule has 1 saturated heterocycles. The standard InChI is InChI=1S/C22H25Cl2NO4/c1-22(2)14-29-20(12-25(22)11-10-21(26)27)15-6-8-16(9-7-15)28-13-17-18(23)4-3-5-19(17)24/h3-9,20H,10-14H2,1-2H3,(H,26,27). The third-order valence-electron chi connectivity index (χ3n) is 5.17. The van der Waals surface area contributed by atoms with Crippen LogP contribution < -0.4 is 4.74 Å². The highest BCUT2D eigenvalue weighted by molar-refractivity contribution is 6.35. The maximum Gasteiger partial charge on any atom is 0.304 e. The first kappa shape index (κ1) is 21.9. The summed E-state index contributed by atoms with van der Waals surface area (Å²) in [6.07, 6.45) is 0.0111. The molecule has 1 unspecified atom stereocenters. The molecule has 29 heavy (non-hydrogen) atoms. The number of carbonyl (C=O) groups is 1. The number of hydrogen-bond donors (Lipinski definition) is 1. The van der Waals surface area contributed by atoms with E-state index in [-0.39, 0.29) is 24.7 Å². The number of carboxylic acids is 1. The quantitative estimate of drug-likeness (QED) is 0.644. The Kier molecular flexibility index (Phi) is 7.06. The highest BCUT2D eigenvalue weighted by Gasteiger charge is 2.35. The molecular formula is C22H25Cl2NO4. The Balaban J connectivity index is 1.63. The van der Waals surface area contributed by atoms with Gasteiger partial charge in [-0.2, -0.15) is 0 Å². The normalized spacial score (nSPS) is 19.1. The van der Waals surface area contributed by atoms with Crippen molar-refractivity contribution < 1.29 is 19.4 Å². The van der Waals surface area contributed by atoms with E-state index in [2.05, 4.69) is 18.7 Å². The first-order valence-corrected chi connectivity index (χ1v) is 10.3. The first-order chi connectivity index (χ1) is 13.8. The molecule has 7 heteroatoms. The van der Waals surface area contributed by atoms with Crippen LogP contribution in [-0.2, 0) is 16.1 Å². The van der Waals surface area contributed by atoms with Gasteiger partial charge < -0.3 is 14.6 Å². The molecule has 0 radical (unpaired) electrons. The number of halogens is 2. The van der Waals surface area contributed by atoms with Crippen LogP contribution in [0.3, 0.4) is 0 Å². The molecule has 1 aliphatic heterocycles. The minimum Gasteiger partial charge on any atom is -0.489 e. The van der Waals surface area contributed by atoms with Crippen molar-refractivity contribution in [3.05, 3.63) is 63.6 Å². The van der Waals surface area contributed by atoms with Gasteiger partial charge in [0, 0.05) is 34.2 Å². The summed E-state index contributed by atoms with van der Waals surface area (Å²) in [7, 11) is 0. The van der Waals surface area contributed by atoms with Crippen LogP contribution in [0.2, 0.25) is 10.0 Å². The van der Waals surface area contributed by atoms with Gasteiger partial charge in [-0.25, -0.2) is 0 Å². The topological polar surface area (TPSA) is 59.0 Å². The summed E-state index contributed by atoms with van der Waals surface area (Å²) in [5.74, 6) is -0.0763. The van der Waals surface area contributed by atoms with Gasteiger partial charge in [-0.15, -0.1) is 0 Å². The molecule has 1 atom stereocenters. The van der Waals surface area contributed by atoms with Gasteiger partial charge in [-0.3, -0.25) is 9.69 Å². The van der Waals surface area contributed by atoms with E-state index in [1.807, 2.05) is 24.3 Å². The smallest absolute Gasteiger partial charge is 0.304 e. The number of rotatable bonds is 7. The molecule has 2 aromatic rings. The van der Waals surface area contributed by atoms with Gasteiger partial charge in [0.1, 0.15) is 12.4 Å². The molecule has 0 aromatic heterocycles. The van der Waals surface area contributed by atoms with Crippen molar-refractivity contribution in [2.75, 3.05) is 19.7 Å². The van der Waals surface area contributed by atoms with Crippen molar-refractivity contribution >= 4 is 29.2 Å². The molecule has 0 saturated carbocycles. The fraction of sp³-hybridized carbons (Fsp3) is 0.409. The van der Waals surface area contributed by atoms with Crippen LogP contribution in [0.25, 0.3) is 0 Å². The van der Waals surface area contributed by atoms with Gasteiger partial charge in [0.15, 0.2) is 0 Å². The fourth-order valence-electron chi connectivity index (χ4n) is 3.33. The number of hydrogen-bond acceptors (Lipinski definition) is 4. The van der Waals surface area contributed by atoms with Crippen LogP contribution in [0.4, 0.5) is 0 Å². The molecule has 2 aromatic carbocycles. The van der Waals surface area contributed by atoms with E-state index in [0.29, 0.717) is 35.5 Å². The molecule has 0 amide bonds. The third-order valence-corrected chi connectivity index (χ3v) is 5.88. The number of morpholine rings is 1. The summed E-state index contributed by atoms with van der Waals surface area (Å²) in [4.78, 5) is 13.1. The molecule has 1 fully saturated rings. The lowest BCUT2D eigenvalue weighted by Crippen LogP contribution is -2.54. The summed E-state index contributed by atoms with van der Waals surface area (Å²) in [6, 6.07) is 13.1. The molecule has 0 bridgehead atoms. The second-order valence-electron chi connectivity index (χ2n) is 7.76. The summed E-state index contributed by atoms with van der Waals surface area (Å²) < 4.78 is 11.9. The minimum atomic E-state index is -0.788. The Morgan fingerprint density at radius 3 is 2.48 bits per heavy atom. The summed E-state index contributed by atoms with van der Waals surface area (Å²) >= 11 is 12.4. The maximum atomic E-state index is 11.0. The predicted molar refractivity (Wildman–Crippen MR) is 114 cm³/mol. The van der Waals surface area contributed by atoms with E-state index < -0.39 is 5.97 Å². The lowest BCUT2D eigenvalue weighted by molar-refractivity contribution is -0.140. The molecule has 5 nitrogen and oxygen atoms in total. The molecule has 156 valence electrons. The number of carboxylic acid groups (broad SMARTS) is 1. The lowest BCUT2D eigenvalue weighted by atomic mass is 9.98. The van der Waals surface area contributed by atoms with Crippen molar-refractivity contribution in [1.29, 1.82) is 0 Å². The highest BCUT2D eigenvalue weighted by atomic mass is 35.5. The van der Waals surface area contributed by atoms with Crippen molar-refractivity contribution in [1.82, 2.24) is 4.90 Å². The Labute approximate surface area is 181 Å². The van der Waals surface area contributed by atoms with Gasteiger partial charge in [-0.05, 0) is 43.7 Å². The zero-order chi connectivity index (χ0) is 21.0. The average molecular weight is 438 g/mol. The Hall–Kier alpha value is -1.79. The van der Waals surface area contributed by atoms with Gasteiger partial charge in [0.05, 0.1) is 19.1 Å². The van der Waals surface area contributed by atoms with E-state index in [1.54, 1.807) is 18.2 Å². The fourth-order valence-corrected chi connectivity index (χ4v) is 3.83. The van der Waals surface area contributed by atoms with Crippen molar-refractivity contribution in [3.63, 3.8) is 0 Å². The molecule has 0 aliphatic carbocycles. The van der Waals surface area contributed by atoms with Crippen LogP contribution in [0.5, 0.6) is 5.75 Å². The monoisotopic (exact) mass is 437 g/mol.